The van der Waals surface area contributed by atoms with Crippen molar-refractivity contribution in [1.82, 2.24) is 25.1 Å². The molecule has 6 nitrogen and oxygen atoms in total. The number of benzene rings is 1. The van der Waals surface area contributed by atoms with Crippen LogP contribution in [0.4, 0.5) is 0 Å². The van der Waals surface area contributed by atoms with Crippen molar-refractivity contribution >= 4 is 29.9 Å². The Morgan fingerprint density at radius 3 is 2.56 bits per heavy atom. The first kappa shape index (κ1) is 21.7. The number of nitrogens with zero attached hydrogens (tertiary/aromatic N) is 4. The number of rotatable bonds is 7. The summed E-state index contributed by atoms with van der Waals surface area (Å²) in [4.78, 5) is 16.8. The first-order chi connectivity index (χ1) is 12.6. The van der Waals surface area contributed by atoms with E-state index in [4.69, 9.17) is 0 Å². The molecule has 1 fully saturated rings. The van der Waals surface area contributed by atoms with Gasteiger partial charge in [0, 0.05) is 26.7 Å². The van der Waals surface area contributed by atoms with Crippen LogP contribution in [-0.4, -0.2) is 66.5 Å². The first-order valence-corrected chi connectivity index (χ1v) is 9.26. The molecular weight excluding hydrogens is 451 g/mol. The standard InChI is InChI=1S/C20H30N6.HI/c1-21-20(23-13-18(25(2)3)16-10-11-16)26(4)14-19-22-12-17(24-19)15-8-6-5-7-9-15;/h5-9,12,16,18H,10-11,13-14H2,1-4H3,(H,21,23)(H,22,24);1H. The van der Waals surface area contributed by atoms with E-state index in [9.17, 15) is 0 Å². The second-order valence-corrected chi connectivity index (χ2v) is 7.26. The highest BCUT2D eigenvalue weighted by atomic mass is 127. The van der Waals surface area contributed by atoms with Gasteiger partial charge < -0.3 is 20.1 Å². The maximum absolute atomic E-state index is 4.52. The number of guanidine groups is 1. The minimum Gasteiger partial charge on any atom is -0.355 e. The molecule has 2 N–H and O–H groups in total. The third kappa shape index (κ3) is 5.93. The number of imidazole rings is 1. The Morgan fingerprint density at radius 1 is 1.26 bits per heavy atom. The molecule has 1 atom stereocenters. The summed E-state index contributed by atoms with van der Waals surface area (Å²) in [7, 11) is 8.19. The molecule has 0 aliphatic heterocycles. The van der Waals surface area contributed by atoms with Gasteiger partial charge in [0.2, 0.25) is 0 Å². The molecule has 3 rings (SSSR count). The summed E-state index contributed by atoms with van der Waals surface area (Å²) in [6, 6.07) is 10.8. The number of aliphatic imine (C=N–C) groups is 1. The minimum absolute atomic E-state index is 0. The van der Waals surface area contributed by atoms with Crippen LogP contribution in [0.3, 0.4) is 0 Å². The zero-order valence-electron chi connectivity index (χ0n) is 16.6. The highest BCUT2D eigenvalue weighted by molar-refractivity contribution is 14.0. The number of H-pyrrole nitrogens is 1. The topological polar surface area (TPSA) is 59.6 Å². The van der Waals surface area contributed by atoms with Crippen molar-refractivity contribution in [2.75, 3.05) is 34.7 Å². The number of aromatic amines is 1. The Balaban J connectivity index is 0.00000261. The van der Waals surface area contributed by atoms with Gasteiger partial charge in [-0.15, -0.1) is 24.0 Å². The average Bonchev–Trinajstić information content (AvgIpc) is 3.37. The van der Waals surface area contributed by atoms with E-state index in [0.29, 0.717) is 12.6 Å². The van der Waals surface area contributed by atoms with Crippen molar-refractivity contribution in [2.45, 2.75) is 25.4 Å². The Morgan fingerprint density at radius 2 is 1.96 bits per heavy atom. The lowest BCUT2D eigenvalue weighted by Gasteiger charge is -2.27. The summed E-state index contributed by atoms with van der Waals surface area (Å²) in [6.45, 7) is 1.60. The van der Waals surface area contributed by atoms with E-state index < -0.39 is 0 Å². The number of hydrogen-bond donors (Lipinski definition) is 2. The van der Waals surface area contributed by atoms with E-state index in [0.717, 1.165) is 35.5 Å². The van der Waals surface area contributed by atoms with Crippen molar-refractivity contribution in [2.24, 2.45) is 10.9 Å². The zero-order chi connectivity index (χ0) is 18.5. The van der Waals surface area contributed by atoms with Crippen LogP contribution in [0.15, 0.2) is 41.5 Å². The summed E-state index contributed by atoms with van der Waals surface area (Å²) in [6.07, 6.45) is 4.57. The van der Waals surface area contributed by atoms with Gasteiger partial charge in [0.15, 0.2) is 5.96 Å². The van der Waals surface area contributed by atoms with Gasteiger partial charge in [0.25, 0.3) is 0 Å². The predicted molar refractivity (Wildman–Crippen MR) is 122 cm³/mol. The van der Waals surface area contributed by atoms with Gasteiger partial charge in [-0.05, 0) is 38.4 Å². The molecule has 2 aromatic rings. The van der Waals surface area contributed by atoms with E-state index in [1.165, 1.54) is 12.8 Å². The number of hydrogen-bond acceptors (Lipinski definition) is 3. The second kappa shape index (κ2) is 10.1. The van der Waals surface area contributed by atoms with Crippen molar-refractivity contribution in [3.8, 4) is 11.3 Å². The molecule has 0 radical (unpaired) electrons. The van der Waals surface area contributed by atoms with E-state index in [1.54, 1.807) is 0 Å². The number of aromatic nitrogens is 2. The van der Waals surface area contributed by atoms with Crippen LogP contribution in [0.5, 0.6) is 0 Å². The van der Waals surface area contributed by atoms with E-state index >= 15 is 0 Å². The lowest BCUT2D eigenvalue weighted by molar-refractivity contribution is 0.262. The SMILES string of the molecule is CN=C(NCC(C1CC1)N(C)C)N(C)Cc1ncc(-c2ccccc2)[nH]1.I. The predicted octanol–water partition coefficient (Wildman–Crippen LogP) is 3.04. The van der Waals surface area contributed by atoms with Crippen LogP contribution in [0.1, 0.15) is 18.7 Å². The Kier molecular flexibility index (Phi) is 8.09. The second-order valence-electron chi connectivity index (χ2n) is 7.26. The van der Waals surface area contributed by atoms with Crippen molar-refractivity contribution < 1.29 is 0 Å². The van der Waals surface area contributed by atoms with Crippen LogP contribution >= 0.6 is 24.0 Å². The molecule has 27 heavy (non-hydrogen) atoms. The molecule has 1 aromatic heterocycles. The maximum Gasteiger partial charge on any atom is 0.193 e. The molecule has 1 heterocycles. The molecule has 7 heteroatoms. The van der Waals surface area contributed by atoms with E-state index in [-0.39, 0.29) is 24.0 Å². The lowest BCUT2D eigenvalue weighted by atomic mass is 10.1. The highest BCUT2D eigenvalue weighted by Gasteiger charge is 2.32. The van der Waals surface area contributed by atoms with E-state index in [2.05, 4.69) is 56.3 Å². The van der Waals surface area contributed by atoms with Gasteiger partial charge in [0.1, 0.15) is 5.82 Å². The summed E-state index contributed by atoms with van der Waals surface area (Å²) in [5, 5.41) is 3.52. The molecule has 1 unspecified atom stereocenters. The van der Waals surface area contributed by atoms with Crippen LogP contribution in [0.2, 0.25) is 0 Å². The maximum atomic E-state index is 4.52. The molecule has 0 amide bonds. The quantitative estimate of drug-likeness (QED) is 0.362. The number of nitrogens with one attached hydrogen (secondary N) is 2. The largest absolute Gasteiger partial charge is 0.355 e. The molecule has 148 valence electrons. The average molecular weight is 482 g/mol. The molecule has 1 aliphatic rings. The first-order valence-electron chi connectivity index (χ1n) is 9.26. The van der Waals surface area contributed by atoms with Gasteiger partial charge in [0.05, 0.1) is 18.4 Å². The van der Waals surface area contributed by atoms with Crippen LogP contribution in [0, 0.1) is 5.92 Å². The fourth-order valence-corrected chi connectivity index (χ4v) is 3.34. The Bertz CT molecular complexity index is 721. The summed E-state index contributed by atoms with van der Waals surface area (Å²) >= 11 is 0. The van der Waals surface area contributed by atoms with Gasteiger partial charge in [-0.2, -0.15) is 0 Å². The molecule has 0 bridgehead atoms. The molecule has 0 saturated heterocycles. The Hall–Kier alpha value is -1.61. The van der Waals surface area contributed by atoms with Gasteiger partial charge in [-0.3, -0.25) is 4.99 Å². The third-order valence-corrected chi connectivity index (χ3v) is 4.97. The highest BCUT2D eigenvalue weighted by Crippen LogP contribution is 2.34. The van der Waals surface area contributed by atoms with Crippen LogP contribution < -0.4 is 5.32 Å². The summed E-state index contributed by atoms with van der Waals surface area (Å²) in [5.41, 5.74) is 2.19. The van der Waals surface area contributed by atoms with Gasteiger partial charge >= 0.3 is 0 Å². The van der Waals surface area contributed by atoms with Gasteiger partial charge in [-0.25, -0.2) is 4.98 Å². The summed E-state index contributed by atoms with van der Waals surface area (Å²) in [5.74, 6) is 2.65. The smallest absolute Gasteiger partial charge is 0.193 e. The minimum atomic E-state index is 0. The van der Waals surface area contributed by atoms with Crippen molar-refractivity contribution in [1.29, 1.82) is 0 Å². The lowest BCUT2D eigenvalue weighted by Crippen LogP contribution is -2.46. The number of likely N-dealkylation sites (N-methyl/N-ethyl adjacent to an activating group) is 1. The molecular formula is C20H31IN6. The molecule has 1 saturated carbocycles. The fourth-order valence-electron chi connectivity index (χ4n) is 3.34. The van der Waals surface area contributed by atoms with E-state index in [1.807, 2.05) is 38.5 Å². The normalized spacial score (nSPS) is 15.4. The van der Waals surface area contributed by atoms with Crippen molar-refractivity contribution in [3.05, 3.63) is 42.4 Å². The van der Waals surface area contributed by atoms with Crippen molar-refractivity contribution in [3.63, 3.8) is 0 Å². The zero-order valence-corrected chi connectivity index (χ0v) is 19.0. The van der Waals surface area contributed by atoms with Crippen LogP contribution in [-0.2, 0) is 6.54 Å². The summed E-state index contributed by atoms with van der Waals surface area (Å²) < 4.78 is 0. The molecule has 0 spiro atoms. The molecule has 1 aromatic carbocycles. The fraction of sp³-hybridized carbons (Fsp3) is 0.500. The third-order valence-electron chi connectivity index (χ3n) is 4.97. The molecule has 1 aliphatic carbocycles. The monoisotopic (exact) mass is 482 g/mol. The Labute approximate surface area is 179 Å². The number of halogens is 1. The van der Waals surface area contributed by atoms with Crippen LogP contribution in [0.25, 0.3) is 11.3 Å². The van der Waals surface area contributed by atoms with Gasteiger partial charge in [-0.1, -0.05) is 30.3 Å².